The van der Waals surface area contributed by atoms with Crippen molar-refractivity contribution < 1.29 is 14.3 Å². The summed E-state index contributed by atoms with van der Waals surface area (Å²) in [4.78, 5) is 35.3. The number of rotatable bonds is 4. The van der Waals surface area contributed by atoms with Gasteiger partial charge in [-0.1, -0.05) is 0 Å². The number of likely N-dealkylation sites (tertiary alicyclic amines) is 1. The van der Waals surface area contributed by atoms with Gasteiger partial charge in [-0.2, -0.15) is 5.26 Å². The number of ether oxygens (including phenoxy) is 1. The van der Waals surface area contributed by atoms with Gasteiger partial charge in [0.1, 0.15) is 23.5 Å². The summed E-state index contributed by atoms with van der Waals surface area (Å²) in [6, 6.07) is 5.14. The van der Waals surface area contributed by atoms with Crippen molar-refractivity contribution in [1.29, 1.82) is 5.26 Å². The van der Waals surface area contributed by atoms with Crippen LogP contribution < -0.4 is 4.90 Å². The average molecular weight is 385 g/mol. The van der Waals surface area contributed by atoms with Crippen molar-refractivity contribution in [1.82, 2.24) is 14.8 Å². The first-order valence-corrected chi connectivity index (χ1v) is 9.62. The molecule has 0 bridgehead atoms. The fourth-order valence-electron chi connectivity index (χ4n) is 3.56. The van der Waals surface area contributed by atoms with Crippen molar-refractivity contribution >= 4 is 17.7 Å². The van der Waals surface area contributed by atoms with Gasteiger partial charge < -0.3 is 14.5 Å². The number of carbonyl (C=O) groups excluding carboxylic acids is 2. The predicted molar refractivity (Wildman–Crippen MR) is 103 cm³/mol. The standard InChI is InChI=1S/C20H27N5O3/c1-20(2,3)28-19(27)16-5-4-8-25(16)18(26)13-23-9-10-24(14-23)17-7-6-15(11-21)12-22-17/h6-7,12,16H,4-5,8-10,13-14H2,1-3H3/t16-/m0/s1. The van der Waals surface area contributed by atoms with Gasteiger partial charge in [0.15, 0.2) is 0 Å². The number of hydrogen-bond donors (Lipinski definition) is 0. The monoisotopic (exact) mass is 385 g/mol. The van der Waals surface area contributed by atoms with E-state index in [0.29, 0.717) is 25.2 Å². The van der Waals surface area contributed by atoms with Crippen LogP contribution in [-0.2, 0) is 14.3 Å². The molecule has 0 saturated carbocycles. The van der Waals surface area contributed by atoms with Crippen LogP contribution in [-0.4, -0.2) is 71.2 Å². The van der Waals surface area contributed by atoms with Crippen LogP contribution in [0.15, 0.2) is 18.3 Å². The topological polar surface area (TPSA) is 89.8 Å². The Balaban J connectivity index is 1.55. The molecule has 0 radical (unpaired) electrons. The van der Waals surface area contributed by atoms with Gasteiger partial charge in [-0.15, -0.1) is 0 Å². The van der Waals surface area contributed by atoms with E-state index in [-0.39, 0.29) is 18.4 Å². The molecule has 1 aromatic heterocycles. The van der Waals surface area contributed by atoms with Gasteiger partial charge in [0.05, 0.1) is 18.8 Å². The third kappa shape index (κ3) is 4.78. The summed E-state index contributed by atoms with van der Waals surface area (Å²) in [5, 5.41) is 8.87. The maximum absolute atomic E-state index is 12.8. The molecule has 8 heteroatoms. The molecule has 3 rings (SSSR count). The lowest BCUT2D eigenvalue weighted by molar-refractivity contribution is -0.163. The largest absolute Gasteiger partial charge is 0.458 e. The van der Waals surface area contributed by atoms with Crippen molar-refractivity contribution in [2.24, 2.45) is 0 Å². The number of pyridine rings is 1. The summed E-state index contributed by atoms with van der Waals surface area (Å²) in [6.45, 7) is 8.48. The van der Waals surface area contributed by atoms with E-state index >= 15 is 0 Å². The zero-order valence-corrected chi connectivity index (χ0v) is 16.7. The molecule has 28 heavy (non-hydrogen) atoms. The van der Waals surface area contributed by atoms with Crippen LogP contribution in [0.2, 0.25) is 0 Å². The Labute approximate surface area is 165 Å². The highest BCUT2D eigenvalue weighted by molar-refractivity contribution is 5.86. The third-order valence-corrected chi connectivity index (χ3v) is 4.87. The Kier molecular flexibility index (Phi) is 5.84. The van der Waals surface area contributed by atoms with Gasteiger partial charge >= 0.3 is 5.97 Å². The van der Waals surface area contributed by atoms with Crippen molar-refractivity contribution in [2.75, 3.05) is 37.7 Å². The summed E-state index contributed by atoms with van der Waals surface area (Å²) in [6.07, 6.45) is 3.03. The van der Waals surface area contributed by atoms with E-state index in [1.165, 1.54) is 0 Å². The van der Waals surface area contributed by atoms with Crippen LogP contribution in [0.5, 0.6) is 0 Å². The lowest BCUT2D eigenvalue weighted by Gasteiger charge is -2.28. The molecular formula is C20H27N5O3. The van der Waals surface area contributed by atoms with E-state index < -0.39 is 11.6 Å². The van der Waals surface area contributed by atoms with E-state index in [4.69, 9.17) is 10.00 Å². The summed E-state index contributed by atoms with van der Waals surface area (Å²) >= 11 is 0. The molecule has 1 aromatic rings. The van der Waals surface area contributed by atoms with Gasteiger partial charge in [0.25, 0.3) is 0 Å². The molecule has 1 atom stereocenters. The minimum Gasteiger partial charge on any atom is -0.458 e. The predicted octanol–water partition coefficient (Wildman–Crippen LogP) is 1.37. The van der Waals surface area contributed by atoms with Gasteiger partial charge in [-0.25, -0.2) is 9.78 Å². The molecule has 2 aliphatic heterocycles. The molecule has 0 spiro atoms. The Morgan fingerprint density at radius 2 is 2.07 bits per heavy atom. The smallest absolute Gasteiger partial charge is 0.329 e. The maximum Gasteiger partial charge on any atom is 0.329 e. The van der Waals surface area contributed by atoms with Crippen LogP contribution >= 0.6 is 0 Å². The van der Waals surface area contributed by atoms with Gasteiger partial charge in [0.2, 0.25) is 5.91 Å². The average Bonchev–Trinajstić information content (AvgIpc) is 3.30. The van der Waals surface area contributed by atoms with Crippen LogP contribution in [0.4, 0.5) is 5.82 Å². The molecule has 1 amide bonds. The number of aromatic nitrogens is 1. The van der Waals surface area contributed by atoms with Crippen molar-refractivity contribution in [3.05, 3.63) is 23.9 Å². The zero-order valence-electron chi connectivity index (χ0n) is 16.7. The highest BCUT2D eigenvalue weighted by Gasteiger charge is 2.37. The summed E-state index contributed by atoms with van der Waals surface area (Å²) in [5.41, 5.74) is -0.0324. The Morgan fingerprint density at radius 1 is 1.29 bits per heavy atom. The lowest BCUT2D eigenvalue weighted by Crippen LogP contribution is -2.47. The maximum atomic E-state index is 12.8. The lowest BCUT2D eigenvalue weighted by atomic mass is 10.1. The number of carbonyl (C=O) groups is 2. The minimum atomic E-state index is -0.558. The molecule has 2 fully saturated rings. The first kappa shape index (κ1) is 20.1. The molecule has 0 aromatic carbocycles. The fraction of sp³-hybridized carbons (Fsp3) is 0.600. The van der Waals surface area contributed by atoms with Crippen LogP contribution in [0.1, 0.15) is 39.2 Å². The molecule has 3 heterocycles. The van der Waals surface area contributed by atoms with Crippen molar-refractivity contribution in [3.8, 4) is 6.07 Å². The van der Waals surface area contributed by atoms with Crippen LogP contribution in [0.25, 0.3) is 0 Å². The molecule has 2 saturated heterocycles. The van der Waals surface area contributed by atoms with Crippen LogP contribution in [0, 0.1) is 11.3 Å². The second-order valence-corrected chi connectivity index (χ2v) is 8.25. The Bertz CT molecular complexity index is 766. The highest BCUT2D eigenvalue weighted by atomic mass is 16.6. The van der Waals surface area contributed by atoms with E-state index in [1.807, 2.05) is 31.7 Å². The van der Waals surface area contributed by atoms with Crippen LogP contribution in [0.3, 0.4) is 0 Å². The first-order chi connectivity index (χ1) is 13.3. The minimum absolute atomic E-state index is 0.0389. The molecule has 0 N–H and O–H groups in total. The second-order valence-electron chi connectivity index (χ2n) is 8.25. The van der Waals surface area contributed by atoms with Gasteiger partial charge in [-0.3, -0.25) is 9.69 Å². The van der Waals surface area contributed by atoms with E-state index in [0.717, 1.165) is 25.3 Å². The molecule has 2 aliphatic rings. The number of nitriles is 1. The highest BCUT2D eigenvalue weighted by Crippen LogP contribution is 2.22. The van der Waals surface area contributed by atoms with Gasteiger partial charge in [0, 0.05) is 25.8 Å². The van der Waals surface area contributed by atoms with Crippen molar-refractivity contribution in [2.45, 2.75) is 45.3 Å². The number of anilines is 1. The molecule has 150 valence electrons. The molecule has 0 unspecified atom stereocenters. The summed E-state index contributed by atoms with van der Waals surface area (Å²) in [7, 11) is 0. The number of hydrogen-bond acceptors (Lipinski definition) is 7. The van der Waals surface area contributed by atoms with E-state index in [2.05, 4.69) is 16.0 Å². The fourth-order valence-corrected chi connectivity index (χ4v) is 3.56. The first-order valence-electron chi connectivity index (χ1n) is 9.62. The van der Waals surface area contributed by atoms with Gasteiger partial charge in [-0.05, 0) is 45.7 Å². The summed E-state index contributed by atoms with van der Waals surface area (Å²) < 4.78 is 5.48. The summed E-state index contributed by atoms with van der Waals surface area (Å²) in [5.74, 6) is 0.438. The third-order valence-electron chi connectivity index (χ3n) is 4.87. The zero-order chi connectivity index (χ0) is 20.3. The molecular weight excluding hydrogens is 358 g/mol. The Morgan fingerprint density at radius 3 is 2.71 bits per heavy atom. The molecule has 8 nitrogen and oxygen atoms in total. The van der Waals surface area contributed by atoms with E-state index in [1.54, 1.807) is 17.2 Å². The number of esters is 1. The SMILES string of the molecule is CC(C)(C)OC(=O)[C@@H]1CCCN1C(=O)CN1CCN(c2ccc(C#N)cn2)C1. The van der Waals surface area contributed by atoms with Crippen molar-refractivity contribution in [3.63, 3.8) is 0 Å². The number of amides is 1. The van der Waals surface area contributed by atoms with E-state index in [9.17, 15) is 9.59 Å². The Hall–Kier alpha value is -2.66. The normalized spacial score (nSPS) is 20.3. The number of nitrogens with zero attached hydrogens (tertiary/aromatic N) is 5. The quantitative estimate of drug-likeness (QED) is 0.723. The molecule has 0 aliphatic carbocycles. The second kappa shape index (κ2) is 8.15.